The largest absolute Gasteiger partial charge is 0.466 e. The molecule has 1 saturated carbocycles. The highest BCUT2D eigenvalue weighted by atomic mass is 79.9. The van der Waals surface area contributed by atoms with E-state index in [1.807, 2.05) is 0 Å². The van der Waals surface area contributed by atoms with E-state index in [0.29, 0.717) is 22.9 Å². The SMILES string of the molecule is CCOC(=O)C1CCC(n2ncc(C(=O)N(CC(=O)c3c(Cl)cncc3Cl)Cc3ccccc3Br)c2C(F)(F)F)CC1. The molecule has 1 aliphatic carbocycles. The highest BCUT2D eigenvalue weighted by molar-refractivity contribution is 9.10. The fourth-order valence-electron chi connectivity index (χ4n) is 5.03. The van der Waals surface area contributed by atoms with Crippen molar-refractivity contribution in [2.45, 2.75) is 51.4 Å². The number of alkyl halides is 3. The van der Waals surface area contributed by atoms with Gasteiger partial charge in [-0.1, -0.05) is 57.3 Å². The Morgan fingerprint density at radius 2 is 1.71 bits per heavy atom. The molecule has 0 unspecified atom stereocenters. The van der Waals surface area contributed by atoms with Gasteiger partial charge < -0.3 is 9.64 Å². The number of amides is 1. The summed E-state index contributed by atoms with van der Waals surface area (Å²) in [7, 11) is 0. The van der Waals surface area contributed by atoms with Gasteiger partial charge in [-0.2, -0.15) is 18.3 Å². The number of pyridine rings is 1. The van der Waals surface area contributed by atoms with Crippen molar-refractivity contribution in [1.82, 2.24) is 19.7 Å². The topological polar surface area (TPSA) is 94.4 Å². The van der Waals surface area contributed by atoms with Crippen LogP contribution in [0.1, 0.15) is 70.6 Å². The average molecular weight is 690 g/mol. The van der Waals surface area contributed by atoms with Gasteiger partial charge in [-0.25, -0.2) is 0 Å². The Kier molecular flexibility index (Phi) is 10.3. The minimum absolute atomic E-state index is 0.0528. The van der Waals surface area contributed by atoms with E-state index >= 15 is 0 Å². The Morgan fingerprint density at radius 1 is 1.07 bits per heavy atom. The van der Waals surface area contributed by atoms with Gasteiger partial charge in [0.05, 0.1) is 52.5 Å². The van der Waals surface area contributed by atoms with E-state index in [9.17, 15) is 27.6 Å². The van der Waals surface area contributed by atoms with Crippen LogP contribution in [0.3, 0.4) is 0 Å². The van der Waals surface area contributed by atoms with Crippen LogP contribution in [-0.4, -0.2) is 50.5 Å². The van der Waals surface area contributed by atoms with Gasteiger partial charge in [0.1, 0.15) is 0 Å². The second-order valence-corrected chi connectivity index (χ2v) is 11.4. The molecule has 0 bridgehead atoms. The average Bonchev–Trinajstić information content (AvgIpc) is 3.40. The van der Waals surface area contributed by atoms with Crippen LogP contribution in [0.2, 0.25) is 10.0 Å². The Bertz CT molecular complexity index is 1460. The summed E-state index contributed by atoms with van der Waals surface area (Å²) in [6.07, 6.45) is -0.459. The molecule has 0 radical (unpaired) electrons. The molecule has 0 saturated heterocycles. The van der Waals surface area contributed by atoms with Gasteiger partial charge in [-0.3, -0.25) is 24.0 Å². The Morgan fingerprint density at radius 3 is 2.31 bits per heavy atom. The molecule has 42 heavy (non-hydrogen) atoms. The summed E-state index contributed by atoms with van der Waals surface area (Å²) in [5, 5.41) is 3.89. The summed E-state index contributed by atoms with van der Waals surface area (Å²) in [6.45, 7) is 1.10. The lowest BCUT2D eigenvalue weighted by Crippen LogP contribution is -2.37. The van der Waals surface area contributed by atoms with Crippen LogP contribution in [0.15, 0.2) is 47.3 Å². The molecular formula is C28H26BrCl2F3N4O4. The molecule has 0 spiro atoms. The summed E-state index contributed by atoms with van der Waals surface area (Å²) in [5.74, 6) is -2.49. The van der Waals surface area contributed by atoms with Gasteiger partial charge >= 0.3 is 12.1 Å². The first-order chi connectivity index (χ1) is 19.9. The third-order valence-electron chi connectivity index (χ3n) is 7.03. The number of rotatable bonds is 9. The van der Waals surface area contributed by atoms with Crippen LogP contribution < -0.4 is 0 Å². The van der Waals surface area contributed by atoms with E-state index in [1.165, 1.54) is 12.4 Å². The molecule has 1 fully saturated rings. The number of ketones is 1. The zero-order chi connectivity index (χ0) is 30.6. The number of halogens is 6. The predicted molar refractivity (Wildman–Crippen MR) is 152 cm³/mol. The van der Waals surface area contributed by atoms with Crippen molar-refractivity contribution in [3.05, 3.63) is 79.8 Å². The number of esters is 1. The summed E-state index contributed by atoms with van der Waals surface area (Å²) < 4.78 is 50.1. The Hall–Kier alpha value is -2.96. The van der Waals surface area contributed by atoms with Crippen LogP contribution in [-0.2, 0) is 22.3 Å². The lowest BCUT2D eigenvalue weighted by Gasteiger charge is -2.29. The van der Waals surface area contributed by atoms with Gasteiger partial charge in [-0.15, -0.1) is 0 Å². The van der Waals surface area contributed by atoms with E-state index in [4.69, 9.17) is 27.9 Å². The molecule has 4 rings (SSSR count). The van der Waals surface area contributed by atoms with Crippen molar-refractivity contribution in [1.29, 1.82) is 0 Å². The van der Waals surface area contributed by atoms with Gasteiger partial charge in [0.15, 0.2) is 11.5 Å². The fraction of sp³-hybridized carbons (Fsp3) is 0.393. The van der Waals surface area contributed by atoms with Crippen molar-refractivity contribution < 1.29 is 32.3 Å². The third kappa shape index (κ3) is 7.15. The number of carbonyl (C=O) groups is 3. The number of nitrogens with zero attached hydrogens (tertiary/aromatic N) is 4. The van der Waals surface area contributed by atoms with Crippen molar-refractivity contribution in [2.75, 3.05) is 13.2 Å². The van der Waals surface area contributed by atoms with E-state index in [2.05, 4.69) is 26.0 Å². The normalized spacial score (nSPS) is 17.1. The van der Waals surface area contributed by atoms with Crippen LogP contribution in [0.4, 0.5) is 13.2 Å². The van der Waals surface area contributed by atoms with E-state index in [-0.39, 0.29) is 47.6 Å². The van der Waals surface area contributed by atoms with Crippen molar-refractivity contribution in [3.63, 3.8) is 0 Å². The minimum atomic E-state index is -4.93. The summed E-state index contributed by atoms with van der Waals surface area (Å²) in [5.41, 5.74) is -1.44. The molecule has 2 aromatic heterocycles. The molecule has 3 aromatic rings. The van der Waals surface area contributed by atoms with Crippen molar-refractivity contribution in [3.8, 4) is 0 Å². The van der Waals surface area contributed by atoms with E-state index in [1.54, 1.807) is 31.2 Å². The number of carbonyl (C=O) groups excluding carboxylic acids is 3. The smallest absolute Gasteiger partial charge is 0.433 e. The highest BCUT2D eigenvalue weighted by Crippen LogP contribution is 2.39. The maximum absolute atomic E-state index is 14.5. The number of aromatic nitrogens is 3. The monoisotopic (exact) mass is 688 g/mol. The number of hydrogen-bond acceptors (Lipinski definition) is 6. The Balaban J connectivity index is 1.68. The molecule has 1 aromatic carbocycles. The van der Waals surface area contributed by atoms with Crippen LogP contribution in [0.5, 0.6) is 0 Å². The van der Waals surface area contributed by atoms with E-state index < -0.39 is 47.6 Å². The number of Topliss-reactive ketones (excluding diaryl/α,β-unsaturated/α-hetero) is 1. The highest BCUT2D eigenvalue weighted by Gasteiger charge is 2.43. The summed E-state index contributed by atoms with van der Waals surface area (Å²) >= 11 is 15.7. The number of ether oxygens (including phenoxy) is 1. The second-order valence-electron chi connectivity index (χ2n) is 9.76. The summed E-state index contributed by atoms with van der Waals surface area (Å²) in [4.78, 5) is 44.1. The van der Waals surface area contributed by atoms with Gasteiger partial charge in [0, 0.05) is 23.4 Å². The first-order valence-corrected chi connectivity index (χ1v) is 14.6. The zero-order valence-electron chi connectivity index (χ0n) is 22.3. The minimum Gasteiger partial charge on any atom is -0.466 e. The molecule has 14 heteroatoms. The zero-order valence-corrected chi connectivity index (χ0v) is 25.4. The molecule has 224 valence electrons. The third-order valence-corrected chi connectivity index (χ3v) is 8.38. The number of hydrogen-bond donors (Lipinski definition) is 0. The van der Waals surface area contributed by atoms with Crippen molar-refractivity contribution in [2.24, 2.45) is 5.92 Å². The lowest BCUT2D eigenvalue weighted by atomic mass is 9.86. The molecule has 1 aliphatic rings. The van der Waals surface area contributed by atoms with Gasteiger partial charge in [0.2, 0.25) is 0 Å². The molecule has 8 nitrogen and oxygen atoms in total. The summed E-state index contributed by atoms with van der Waals surface area (Å²) in [6, 6.07) is 6.15. The molecule has 0 aliphatic heterocycles. The molecule has 0 atom stereocenters. The maximum Gasteiger partial charge on any atom is 0.433 e. The first kappa shape index (κ1) is 32.0. The van der Waals surface area contributed by atoms with E-state index in [0.717, 1.165) is 15.8 Å². The Labute approximate surface area is 258 Å². The maximum atomic E-state index is 14.5. The fourth-order valence-corrected chi connectivity index (χ4v) is 6.01. The first-order valence-electron chi connectivity index (χ1n) is 13.1. The molecular weight excluding hydrogens is 664 g/mol. The van der Waals surface area contributed by atoms with Gasteiger partial charge in [0.25, 0.3) is 5.91 Å². The quantitative estimate of drug-likeness (QED) is 0.175. The van der Waals surface area contributed by atoms with Crippen LogP contribution in [0.25, 0.3) is 0 Å². The van der Waals surface area contributed by atoms with Crippen LogP contribution >= 0.6 is 39.1 Å². The molecule has 0 N–H and O–H groups in total. The van der Waals surface area contributed by atoms with Crippen LogP contribution in [0, 0.1) is 5.92 Å². The standard InChI is InChI=1S/C28H26BrCl2F3N4O4/c1-2-42-27(41)16-7-9-18(10-8-16)38-25(28(32,33)34)19(11-36-38)26(40)37(14-17-5-3-4-6-20(17)29)15-23(39)24-21(30)12-35-13-22(24)31/h3-6,11-13,16,18H,2,7-10,14-15H2,1H3. The second kappa shape index (κ2) is 13.6. The lowest BCUT2D eigenvalue weighted by molar-refractivity contribution is -0.151. The number of benzene rings is 1. The van der Waals surface area contributed by atoms with Gasteiger partial charge in [-0.05, 0) is 44.2 Å². The molecule has 1 amide bonds. The predicted octanol–water partition coefficient (Wildman–Crippen LogP) is 7.19. The molecule has 2 heterocycles. The van der Waals surface area contributed by atoms with Crippen molar-refractivity contribution >= 4 is 56.8 Å².